The first-order valence-corrected chi connectivity index (χ1v) is 12.9. The average Bonchev–Trinajstić information content (AvgIpc) is 3.03. The molecule has 184 valence electrons. The highest BCUT2D eigenvalue weighted by atomic mass is 32.2. The Bertz CT molecular complexity index is 1040. The van der Waals surface area contributed by atoms with Gasteiger partial charge in [0.2, 0.25) is 15.9 Å². The molecule has 2 rings (SSSR count). The van der Waals surface area contributed by atoms with Gasteiger partial charge in [0.05, 0.1) is 30.3 Å². The average molecular weight is 481 g/mol. The Morgan fingerprint density at radius 2 is 1.70 bits per heavy atom. The number of benzene rings is 1. The number of nitrogens with zero attached hydrogens (tertiary/aromatic N) is 3. The number of ether oxygens (including phenoxy) is 2. The monoisotopic (exact) mass is 480 g/mol. The molecule has 0 radical (unpaired) electrons. The van der Waals surface area contributed by atoms with Gasteiger partial charge in [-0.05, 0) is 52.7 Å². The first-order chi connectivity index (χ1) is 15.7. The summed E-state index contributed by atoms with van der Waals surface area (Å²) in [7, 11) is -3.70. The van der Waals surface area contributed by atoms with Crippen molar-refractivity contribution >= 4 is 21.6 Å². The Morgan fingerprint density at radius 3 is 2.27 bits per heavy atom. The van der Waals surface area contributed by atoms with Crippen LogP contribution >= 0.6 is 0 Å². The highest BCUT2D eigenvalue weighted by molar-refractivity contribution is 7.89. The maximum Gasteiger partial charge on any atom is 0.246 e. The second-order valence-electron chi connectivity index (χ2n) is 7.63. The van der Waals surface area contributed by atoms with Crippen LogP contribution in [0.3, 0.4) is 0 Å². The van der Waals surface area contributed by atoms with Crippen molar-refractivity contribution in [2.45, 2.75) is 65.8 Å². The third-order valence-corrected chi connectivity index (χ3v) is 7.14. The smallest absolute Gasteiger partial charge is 0.246 e. The zero-order valence-electron chi connectivity index (χ0n) is 20.5. The van der Waals surface area contributed by atoms with E-state index in [1.165, 1.54) is 8.99 Å². The molecule has 10 heteroatoms. The Hall–Kier alpha value is -2.59. The van der Waals surface area contributed by atoms with Gasteiger partial charge in [-0.3, -0.25) is 9.48 Å². The fourth-order valence-electron chi connectivity index (χ4n) is 3.66. The highest BCUT2D eigenvalue weighted by Gasteiger charge is 2.30. The van der Waals surface area contributed by atoms with Crippen LogP contribution in [0.1, 0.15) is 51.9 Å². The van der Waals surface area contributed by atoms with Crippen molar-refractivity contribution in [1.29, 1.82) is 0 Å². The Morgan fingerprint density at radius 1 is 1.06 bits per heavy atom. The van der Waals surface area contributed by atoms with Crippen molar-refractivity contribution in [1.82, 2.24) is 14.1 Å². The van der Waals surface area contributed by atoms with Crippen LogP contribution in [-0.4, -0.2) is 54.7 Å². The van der Waals surface area contributed by atoms with Crippen molar-refractivity contribution < 1.29 is 22.7 Å². The second-order valence-corrected chi connectivity index (χ2v) is 9.51. The Labute approximate surface area is 197 Å². The van der Waals surface area contributed by atoms with E-state index in [2.05, 4.69) is 10.4 Å². The second kappa shape index (κ2) is 12.0. The van der Waals surface area contributed by atoms with Crippen LogP contribution in [0.5, 0.6) is 11.5 Å². The van der Waals surface area contributed by atoms with Crippen LogP contribution < -0.4 is 14.8 Å². The summed E-state index contributed by atoms with van der Waals surface area (Å²) in [4.78, 5) is 13.0. The van der Waals surface area contributed by atoms with Crippen LogP contribution in [0.15, 0.2) is 23.1 Å². The maximum atomic E-state index is 13.3. The zero-order chi connectivity index (χ0) is 24.6. The van der Waals surface area contributed by atoms with Crippen LogP contribution in [0.4, 0.5) is 5.69 Å². The molecule has 1 N–H and O–H groups in total. The zero-order valence-corrected chi connectivity index (χ0v) is 21.3. The molecule has 1 amide bonds. The molecule has 1 heterocycles. The van der Waals surface area contributed by atoms with Gasteiger partial charge in [0.25, 0.3) is 0 Å². The summed E-state index contributed by atoms with van der Waals surface area (Å²) in [6.07, 6.45) is 1.44. The van der Waals surface area contributed by atoms with E-state index in [1.54, 1.807) is 32.0 Å². The number of carbonyl (C=O) groups is 1. The molecule has 0 aliphatic carbocycles. The van der Waals surface area contributed by atoms with E-state index in [0.717, 1.165) is 12.8 Å². The number of carbonyl (C=O) groups excluding carboxylic acids is 1. The number of rotatable bonds is 13. The maximum absolute atomic E-state index is 13.3. The van der Waals surface area contributed by atoms with E-state index in [4.69, 9.17) is 9.47 Å². The topological polar surface area (TPSA) is 103 Å². The van der Waals surface area contributed by atoms with Gasteiger partial charge in [-0.2, -0.15) is 9.40 Å². The largest absolute Gasteiger partial charge is 0.494 e. The van der Waals surface area contributed by atoms with Gasteiger partial charge in [0, 0.05) is 19.2 Å². The third-order valence-electron chi connectivity index (χ3n) is 4.99. The molecule has 0 saturated carbocycles. The van der Waals surface area contributed by atoms with Gasteiger partial charge in [0.1, 0.15) is 22.9 Å². The summed E-state index contributed by atoms with van der Waals surface area (Å²) in [6.45, 7) is 12.7. The molecule has 0 unspecified atom stereocenters. The first kappa shape index (κ1) is 26.7. The molecule has 0 spiro atoms. The minimum atomic E-state index is -3.70. The van der Waals surface area contributed by atoms with E-state index >= 15 is 0 Å². The van der Waals surface area contributed by atoms with Crippen LogP contribution in [0.25, 0.3) is 0 Å². The first-order valence-electron chi connectivity index (χ1n) is 11.4. The van der Waals surface area contributed by atoms with Gasteiger partial charge in [-0.15, -0.1) is 0 Å². The van der Waals surface area contributed by atoms with Gasteiger partial charge < -0.3 is 14.8 Å². The number of hydrogen-bond donors (Lipinski definition) is 1. The lowest BCUT2D eigenvalue weighted by molar-refractivity contribution is -0.117. The Kier molecular flexibility index (Phi) is 9.72. The Balaban J connectivity index is 2.29. The molecular formula is C23H36N4O5S. The van der Waals surface area contributed by atoms with Gasteiger partial charge in [-0.1, -0.05) is 13.8 Å². The molecule has 0 atom stereocenters. The number of nitrogens with one attached hydrogen (secondary N) is 1. The summed E-state index contributed by atoms with van der Waals surface area (Å²) < 4.78 is 40.7. The molecule has 0 saturated heterocycles. The van der Waals surface area contributed by atoms with Crippen LogP contribution in [0.2, 0.25) is 0 Å². The molecule has 1 aromatic heterocycles. The van der Waals surface area contributed by atoms with Crippen molar-refractivity contribution in [2.75, 3.05) is 31.6 Å². The van der Waals surface area contributed by atoms with Gasteiger partial charge in [0.15, 0.2) is 0 Å². The summed E-state index contributed by atoms with van der Waals surface area (Å²) in [5.74, 6) is 0.793. The third kappa shape index (κ3) is 6.48. The normalized spacial score (nSPS) is 11.6. The van der Waals surface area contributed by atoms with E-state index in [-0.39, 0.29) is 17.3 Å². The predicted molar refractivity (Wildman–Crippen MR) is 128 cm³/mol. The van der Waals surface area contributed by atoms with E-state index < -0.39 is 10.0 Å². The molecule has 1 aromatic carbocycles. The number of aryl methyl sites for hydroxylation is 1. The lowest BCUT2D eigenvalue weighted by Crippen LogP contribution is -2.33. The fraction of sp³-hybridized carbons (Fsp3) is 0.565. The molecular weight excluding hydrogens is 444 g/mol. The van der Waals surface area contributed by atoms with Crippen molar-refractivity contribution in [2.24, 2.45) is 0 Å². The lowest BCUT2D eigenvalue weighted by Gasteiger charge is -2.21. The highest BCUT2D eigenvalue weighted by Crippen LogP contribution is 2.30. The molecule has 9 nitrogen and oxygen atoms in total. The predicted octanol–water partition coefficient (Wildman–Crippen LogP) is 3.75. The van der Waals surface area contributed by atoms with Crippen LogP contribution in [0, 0.1) is 13.8 Å². The number of anilines is 1. The number of hydrogen-bond acceptors (Lipinski definition) is 6. The summed E-state index contributed by atoms with van der Waals surface area (Å²) in [5.41, 5.74) is 1.30. The van der Waals surface area contributed by atoms with Gasteiger partial charge >= 0.3 is 0 Å². The quantitative estimate of drug-likeness (QED) is 0.468. The fourth-order valence-corrected chi connectivity index (χ4v) is 5.66. The summed E-state index contributed by atoms with van der Waals surface area (Å²) >= 11 is 0. The SMILES string of the molecule is CCCN(CCC)S(=O)(=O)c1c(C)nn(CC(=O)Nc2cc(OCC)ccc2OCC)c1C. The van der Waals surface area contributed by atoms with E-state index in [0.29, 0.717) is 54.9 Å². The lowest BCUT2D eigenvalue weighted by atomic mass is 10.2. The minimum Gasteiger partial charge on any atom is -0.494 e. The summed E-state index contributed by atoms with van der Waals surface area (Å²) in [5, 5.41) is 7.20. The van der Waals surface area contributed by atoms with Gasteiger partial charge in [-0.25, -0.2) is 8.42 Å². The van der Waals surface area contributed by atoms with Crippen molar-refractivity contribution in [3.63, 3.8) is 0 Å². The summed E-state index contributed by atoms with van der Waals surface area (Å²) in [6, 6.07) is 5.23. The number of aromatic nitrogens is 2. The van der Waals surface area contributed by atoms with E-state index in [1.807, 2.05) is 27.7 Å². The van der Waals surface area contributed by atoms with E-state index in [9.17, 15) is 13.2 Å². The molecule has 0 bridgehead atoms. The molecule has 2 aromatic rings. The molecule has 0 fully saturated rings. The minimum absolute atomic E-state index is 0.131. The van der Waals surface area contributed by atoms with Crippen molar-refractivity contribution in [3.8, 4) is 11.5 Å². The molecule has 0 aliphatic rings. The van der Waals surface area contributed by atoms with Crippen molar-refractivity contribution in [3.05, 3.63) is 29.6 Å². The number of sulfonamides is 1. The number of amides is 1. The standard InChI is InChI=1S/C23H36N4O5S/c1-7-13-26(14-8-2)33(29,30)23-17(5)25-27(18(23)6)16-22(28)24-20-15-19(31-9-3)11-12-21(20)32-10-4/h11-12,15H,7-10,13-14,16H2,1-6H3,(H,24,28). The molecule has 0 aliphatic heterocycles. The molecule has 33 heavy (non-hydrogen) atoms. The van der Waals surface area contributed by atoms with Crippen LogP contribution in [-0.2, 0) is 21.4 Å².